The average molecular weight is 273 g/mol. The maximum Gasteiger partial charge on any atom is 0.176 e. The Morgan fingerprint density at radius 3 is 2.95 bits per heavy atom. The summed E-state index contributed by atoms with van der Waals surface area (Å²) >= 11 is 1.28. The molecule has 0 unspecified atom stereocenters. The minimum Gasteiger partial charge on any atom is -0.374 e. The van der Waals surface area contributed by atoms with E-state index in [4.69, 9.17) is 10.5 Å². The predicted octanol–water partition coefficient (Wildman–Crippen LogP) is 1.35. The first-order chi connectivity index (χ1) is 9.30. The Hall–Kier alpha value is -2.45. The largest absolute Gasteiger partial charge is 0.374 e. The van der Waals surface area contributed by atoms with Crippen LogP contribution in [0.4, 0.5) is 5.00 Å². The van der Waals surface area contributed by atoms with Crippen molar-refractivity contribution < 1.29 is 0 Å². The lowest BCUT2D eigenvalue weighted by atomic mass is 10.3. The zero-order valence-corrected chi connectivity index (χ0v) is 11.1. The summed E-state index contributed by atoms with van der Waals surface area (Å²) in [4.78, 5) is 3.89. The van der Waals surface area contributed by atoms with Gasteiger partial charge >= 0.3 is 0 Å². The summed E-state index contributed by atoms with van der Waals surface area (Å²) in [6, 6.07) is 3.87. The van der Waals surface area contributed by atoms with Crippen LogP contribution >= 0.6 is 11.5 Å². The molecule has 0 aliphatic carbocycles. The maximum absolute atomic E-state index is 9.05. The molecule has 0 bridgehead atoms. The van der Waals surface area contributed by atoms with E-state index in [1.807, 2.05) is 12.1 Å². The summed E-state index contributed by atoms with van der Waals surface area (Å²) in [6.45, 7) is 3.29. The molecule has 0 fully saturated rings. The van der Waals surface area contributed by atoms with Gasteiger partial charge in [0.25, 0.3) is 0 Å². The van der Waals surface area contributed by atoms with Gasteiger partial charge in [0.15, 0.2) is 11.4 Å². The summed E-state index contributed by atoms with van der Waals surface area (Å²) in [5.41, 5.74) is 1.13. The highest BCUT2D eigenvalue weighted by Crippen LogP contribution is 2.19. The molecule has 0 radical (unpaired) electrons. The Morgan fingerprint density at radius 1 is 1.42 bits per heavy atom. The zero-order valence-electron chi connectivity index (χ0n) is 10.3. The zero-order chi connectivity index (χ0) is 13.7. The smallest absolute Gasteiger partial charge is 0.176 e. The molecule has 0 amide bonds. The van der Waals surface area contributed by atoms with Gasteiger partial charge in [0.2, 0.25) is 0 Å². The van der Waals surface area contributed by atoms with Crippen LogP contribution in [0.2, 0.25) is 0 Å². The van der Waals surface area contributed by atoms with E-state index in [2.05, 4.69) is 26.8 Å². The Kier molecular flexibility index (Phi) is 4.06. The Morgan fingerprint density at radius 2 is 2.26 bits per heavy atom. The molecule has 0 saturated heterocycles. The fourth-order valence-corrected chi connectivity index (χ4v) is 2.15. The normalized spacial score (nSPS) is 9.84. The molecule has 2 rings (SSSR count). The Bertz CT molecular complexity index is 643. The van der Waals surface area contributed by atoms with Gasteiger partial charge in [-0.3, -0.25) is 0 Å². The van der Waals surface area contributed by atoms with Crippen molar-refractivity contribution in [1.82, 2.24) is 19.1 Å². The monoisotopic (exact) mass is 273 g/mol. The fourth-order valence-electron chi connectivity index (χ4n) is 1.55. The van der Waals surface area contributed by atoms with Gasteiger partial charge in [0, 0.05) is 18.1 Å². The van der Waals surface area contributed by atoms with Crippen LogP contribution in [0.1, 0.15) is 30.4 Å². The average Bonchev–Trinajstić information content (AvgIpc) is 3.03. The number of nitrogens with zero attached hydrogens (tertiary/aromatic N) is 6. The van der Waals surface area contributed by atoms with Gasteiger partial charge in [-0.1, -0.05) is 11.4 Å². The van der Waals surface area contributed by atoms with Crippen LogP contribution in [0.3, 0.4) is 0 Å². The van der Waals surface area contributed by atoms with E-state index in [1.54, 1.807) is 4.57 Å². The van der Waals surface area contributed by atoms with Gasteiger partial charge in [-0.25, -0.2) is 4.98 Å². The Labute approximate surface area is 114 Å². The number of anilines is 1. The topological polar surface area (TPSA) is 103 Å². The number of hydrogen-bond acceptors (Lipinski definition) is 7. The molecule has 0 atom stereocenters. The van der Waals surface area contributed by atoms with Gasteiger partial charge in [0.05, 0.1) is 12.9 Å². The number of rotatable bonds is 5. The number of aromatic nitrogens is 4. The fraction of sp³-hybridized carbons (Fsp3) is 0.364. The third kappa shape index (κ3) is 2.69. The van der Waals surface area contributed by atoms with Crippen molar-refractivity contribution in [3.05, 3.63) is 23.4 Å². The van der Waals surface area contributed by atoms with Crippen molar-refractivity contribution in [2.75, 3.05) is 11.9 Å². The van der Waals surface area contributed by atoms with Gasteiger partial charge in [-0.15, -0.1) is 5.10 Å². The molecule has 0 saturated carbocycles. The second-order valence-electron chi connectivity index (χ2n) is 3.77. The molecule has 1 N–H and O–H groups in total. The number of nitrogens with one attached hydrogen (secondary N) is 1. The van der Waals surface area contributed by atoms with Crippen LogP contribution in [-0.4, -0.2) is 25.7 Å². The minimum absolute atomic E-state index is 0.133. The van der Waals surface area contributed by atoms with E-state index in [0.29, 0.717) is 6.54 Å². The third-order valence-electron chi connectivity index (χ3n) is 2.46. The second kappa shape index (κ2) is 5.94. The lowest BCUT2D eigenvalue weighted by Gasteiger charge is -2.04. The van der Waals surface area contributed by atoms with Crippen LogP contribution < -0.4 is 5.32 Å². The van der Waals surface area contributed by atoms with Crippen LogP contribution in [0.5, 0.6) is 0 Å². The summed E-state index contributed by atoms with van der Waals surface area (Å²) in [5, 5.41) is 26.1. The van der Waals surface area contributed by atoms with Crippen molar-refractivity contribution in [3.63, 3.8) is 0 Å². The molecule has 2 aromatic rings. The molecule has 0 aliphatic heterocycles. The quantitative estimate of drug-likeness (QED) is 0.881. The lowest BCUT2D eigenvalue weighted by Crippen LogP contribution is -2.06. The van der Waals surface area contributed by atoms with Crippen molar-refractivity contribution in [2.45, 2.75) is 19.9 Å². The summed E-state index contributed by atoms with van der Waals surface area (Å²) < 4.78 is 5.50. The SMILES string of the molecule is CCCNc1snnc1Cn1cnc(C#N)c1C#N. The first-order valence-corrected chi connectivity index (χ1v) is 6.47. The first-order valence-electron chi connectivity index (χ1n) is 5.70. The van der Waals surface area contributed by atoms with Crippen molar-refractivity contribution >= 4 is 16.5 Å². The molecule has 0 aromatic carbocycles. The Balaban J connectivity index is 2.23. The molecule has 96 valence electrons. The van der Waals surface area contributed by atoms with Gasteiger partial charge in [-0.05, 0) is 6.42 Å². The molecule has 0 spiro atoms. The third-order valence-corrected chi connectivity index (χ3v) is 3.19. The molecule has 19 heavy (non-hydrogen) atoms. The van der Waals surface area contributed by atoms with E-state index in [0.717, 1.165) is 23.7 Å². The van der Waals surface area contributed by atoms with Crippen molar-refractivity contribution in [3.8, 4) is 12.1 Å². The minimum atomic E-state index is 0.133. The van der Waals surface area contributed by atoms with Gasteiger partial charge in [-0.2, -0.15) is 10.5 Å². The van der Waals surface area contributed by atoms with Crippen molar-refractivity contribution in [1.29, 1.82) is 10.5 Å². The summed E-state index contributed by atoms with van der Waals surface area (Å²) in [6.07, 6.45) is 2.48. The van der Waals surface area contributed by atoms with Gasteiger partial charge in [0.1, 0.15) is 22.8 Å². The van der Waals surface area contributed by atoms with Crippen molar-refractivity contribution in [2.24, 2.45) is 0 Å². The van der Waals surface area contributed by atoms with E-state index < -0.39 is 0 Å². The summed E-state index contributed by atoms with van der Waals surface area (Å²) in [7, 11) is 0. The van der Waals surface area contributed by atoms with E-state index in [-0.39, 0.29) is 11.4 Å². The van der Waals surface area contributed by atoms with Crippen LogP contribution in [0.15, 0.2) is 6.33 Å². The predicted molar refractivity (Wildman–Crippen MR) is 69.4 cm³/mol. The van der Waals surface area contributed by atoms with Crippen LogP contribution in [0, 0.1) is 22.7 Å². The number of hydrogen-bond donors (Lipinski definition) is 1. The van der Waals surface area contributed by atoms with E-state index >= 15 is 0 Å². The first kappa shape index (κ1) is 13.0. The highest BCUT2D eigenvalue weighted by molar-refractivity contribution is 7.10. The molecular weight excluding hydrogens is 262 g/mol. The van der Waals surface area contributed by atoms with E-state index in [9.17, 15) is 0 Å². The summed E-state index contributed by atoms with van der Waals surface area (Å²) in [5.74, 6) is 0. The second-order valence-corrected chi connectivity index (χ2v) is 4.52. The highest BCUT2D eigenvalue weighted by atomic mass is 32.1. The van der Waals surface area contributed by atoms with Crippen LogP contribution in [0.25, 0.3) is 0 Å². The van der Waals surface area contributed by atoms with Crippen LogP contribution in [-0.2, 0) is 6.54 Å². The van der Waals surface area contributed by atoms with E-state index in [1.165, 1.54) is 17.9 Å². The van der Waals surface area contributed by atoms with Gasteiger partial charge < -0.3 is 9.88 Å². The maximum atomic E-state index is 9.05. The number of nitriles is 2. The standard InChI is InChI=1S/C11H11N7S/c1-2-3-14-11-9(16-17-19-11)6-18-7-15-8(4-12)10(18)5-13/h7,14H,2-3,6H2,1H3. The molecule has 8 heteroatoms. The molecule has 0 aliphatic rings. The molecule has 2 aromatic heterocycles. The lowest BCUT2D eigenvalue weighted by molar-refractivity contribution is 0.758. The molecule has 7 nitrogen and oxygen atoms in total. The highest BCUT2D eigenvalue weighted by Gasteiger charge is 2.14. The molecule has 2 heterocycles. The number of imidazole rings is 1. The molecular formula is C11H11N7S.